The summed E-state index contributed by atoms with van der Waals surface area (Å²) in [7, 11) is 0. The van der Waals surface area contributed by atoms with Gasteiger partial charge in [-0.3, -0.25) is 9.59 Å². The highest BCUT2D eigenvalue weighted by Gasteiger charge is 2.30. The Morgan fingerprint density at radius 1 is 1.38 bits per heavy atom. The SMILES string of the molecule is CC1CC(C(=O)Nc2cc(F)c(C#N)cc2F)CCC1=O. The fourth-order valence-electron chi connectivity index (χ4n) is 2.44. The van der Waals surface area contributed by atoms with Crippen LogP contribution in [0.4, 0.5) is 14.5 Å². The number of nitriles is 1. The van der Waals surface area contributed by atoms with E-state index >= 15 is 0 Å². The van der Waals surface area contributed by atoms with E-state index in [9.17, 15) is 18.4 Å². The molecule has 0 radical (unpaired) electrons. The van der Waals surface area contributed by atoms with Crippen molar-refractivity contribution in [3.05, 3.63) is 29.3 Å². The Kier molecular flexibility index (Phi) is 4.32. The first-order valence-corrected chi connectivity index (χ1v) is 6.65. The van der Waals surface area contributed by atoms with Crippen molar-refractivity contribution in [3.63, 3.8) is 0 Å². The van der Waals surface area contributed by atoms with Crippen LogP contribution in [0.25, 0.3) is 0 Å². The van der Waals surface area contributed by atoms with E-state index in [1.165, 1.54) is 6.07 Å². The minimum absolute atomic E-state index is 0.120. The van der Waals surface area contributed by atoms with E-state index in [0.29, 0.717) is 19.3 Å². The second-order valence-corrected chi connectivity index (χ2v) is 5.25. The van der Waals surface area contributed by atoms with Crippen LogP contribution >= 0.6 is 0 Å². The van der Waals surface area contributed by atoms with Crippen LogP contribution in [0, 0.1) is 34.8 Å². The third-order valence-electron chi connectivity index (χ3n) is 3.73. The lowest BCUT2D eigenvalue weighted by Gasteiger charge is -2.24. The molecule has 21 heavy (non-hydrogen) atoms. The number of benzene rings is 1. The fourth-order valence-corrected chi connectivity index (χ4v) is 2.44. The van der Waals surface area contributed by atoms with Crippen LogP contribution in [-0.2, 0) is 9.59 Å². The van der Waals surface area contributed by atoms with Crippen molar-refractivity contribution >= 4 is 17.4 Å². The van der Waals surface area contributed by atoms with Crippen LogP contribution in [0.3, 0.4) is 0 Å². The first kappa shape index (κ1) is 15.1. The predicted molar refractivity (Wildman–Crippen MR) is 71.2 cm³/mol. The van der Waals surface area contributed by atoms with Gasteiger partial charge in [-0.05, 0) is 18.9 Å². The molecule has 0 saturated heterocycles. The minimum atomic E-state index is -0.888. The summed E-state index contributed by atoms with van der Waals surface area (Å²) in [6.07, 6.45) is 1.14. The van der Waals surface area contributed by atoms with Gasteiger partial charge in [0.1, 0.15) is 23.5 Å². The van der Waals surface area contributed by atoms with Crippen LogP contribution in [0.15, 0.2) is 12.1 Å². The van der Waals surface area contributed by atoms with Crippen molar-refractivity contribution in [2.45, 2.75) is 26.2 Å². The molecular formula is C15H14F2N2O2. The molecule has 1 aromatic carbocycles. The Balaban J connectivity index is 2.12. The number of hydrogen-bond acceptors (Lipinski definition) is 3. The summed E-state index contributed by atoms with van der Waals surface area (Å²) in [6.45, 7) is 1.75. The summed E-state index contributed by atoms with van der Waals surface area (Å²) in [5.41, 5.74) is -0.705. The number of halogens is 2. The average molecular weight is 292 g/mol. The normalized spacial score (nSPS) is 21.7. The molecular weight excluding hydrogens is 278 g/mol. The molecule has 110 valence electrons. The number of rotatable bonds is 2. The molecule has 1 saturated carbocycles. The van der Waals surface area contributed by atoms with Crippen LogP contribution in [-0.4, -0.2) is 11.7 Å². The molecule has 0 aromatic heterocycles. The molecule has 1 fully saturated rings. The number of anilines is 1. The topological polar surface area (TPSA) is 70.0 Å². The Morgan fingerprint density at radius 3 is 2.71 bits per heavy atom. The maximum atomic E-state index is 13.7. The van der Waals surface area contributed by atoms with Gasteiger partial charge in [-0.15, -0.1) is 0 Å². The first-order valence-electron chi connectivity index (χ1n) is 6.65. The number of Topliss-reactive ketones (excluding diaryl/α,β-unsaturated/α-hetero) is 1. The minimum Gasteiger partial charge on any atom is -0.323 e. The molecule has 0 bridgehead atoms. The van der Waals surface area contributed by atoms with Gasteiger partial charge in [0.05, 0.1) is 11.3 Å². The van der Waals surface area contributed by atoms with Gasteiger partial charge in [0.25, 0.3) is 0 Å². The van der Waals surface area contributed by atoms with Gasteiger partial charge in [-0.2, -0.15) is 5.26 Å². The lowest BCUT2D eigenvalue weighted by Crippen LogP contribution is -2.31. The monoisotopic (exact) mass is 292 g/mol. The van der Waals surface area contributed by atoms with E-state index < -0.39 is 29.0 Å². The van der Waals surface area contributed by atoms with E-state index in [2.05, 4.69) is 5.32 Å². The van der Waals surface area contributed by atoms with Gasteiger partial charge < -0.3 is 5.32 Å². The van der Waals surface area contributed by atoms with Gasteiger partial charge in [-0.1, -0.05) is 6.92 Å². The molecule has 2 rings (SSSR count). The highest BCUT2D eigenvalue weighted by Crippen LogP contribution is 2.28. The zero-order chi connectivity index (χ0) is 15.6. The van der Waals surface area contributed by atoms with Crippen LogP contribution in [0.2, 0.25) is 0 Å². The van der Waals surface area contributed by atoms with Crippen molar-refractivity contribution in [3.8, 4) is 6.07 Å². The smallest absolute Gasteiger partial charge is 0.227 e. The summed E-state index contributed by atoms with van der Waals surface area (Å²) >= 11 is 0. The average Bonchev–Trinajstić information content (AvgIpc) is 2.45. The van der Waals surface area contributed by atoms with E-state index in [0.717, 1.165) is 12.1 Å². The molecule has 1 amide bonds. The molecule has 0 heterocycles. The highest BCUT2D eigenvalue weighted by atomic mass is 19.1. The van der Waals surface area contributed by atoms with Crippen molar-refractivity contribution in [2.75, 3.05) is 5.32 Å². The van der Waals surface area contributed by atoms with Crippen LogP contribution in [0.1, 0.15) is 31.7 Å². The lowest BCUT2D eigenvalue weighted by atomic mass is 9.81. The summed E-state index contributed by atoms with van der Waals surface area (Å²) in [5.74, 6) is -2.65. The Morgan fingerprint density at radius 2 is 2.10 bits per heavy atom. The number of ketones is 1. The van der Waals surface area contributed by atoms with Crippen molar-refractivity contribution in [2.24, 2.45) is 11.8 Å². The summed E-state index contributed by atoms with van der Waals surface area (Å²) in [5, 5.41) is 10.9. The zero-order valence-electron chi connectivity index (χ0n) is 11.5. The van der Waals surface area contributed by atoms with Crippen molar-refractivity contribution in [1.29, 1.82) is 5.26 Å². The number of nitrogens with zero attached hydrogens (tertiary/aromatic N) is 1. The van der Waals surface area contributed by atoms with E-state index in [4.69, 9.17) is 5.26 Å². The first-order chi connectivity index (χ1) is 9.92. The third-order valence-corrected chi connectivity index (χ3v) is 3.73. The number of carbonyl (C=O) groups excluding carboxylic acids is 2. The molecule has 1 aromatic rings. The Hall–Kier alpha value is -2.29. The summed E-state index contributed by atoms with van der Waals surface area (Å²) in [6, 6.07) is 3.07. The van der Waals surface area contributed by atoms with Gasteiger partial charge in [-0.25, -0.2) is 8.78 Å². The Bertz CT molecular complexity index is 637. The predicted octanol–water partition coefficient (Wildman–Crippen LogP) is 2.78. The van der Waals surface area contributed by atoms with E-state index in [1.807, 2.05) is 0 Å². The molecule has 4 nitrogen and oxygen atoms in total. The van der Waals surface area contributed by atoms with Crippen molar-refractivity contribution < 1.29 is 18.4 Å². The number of nitrogens with one attached hydrogen (secondary N) is 1. The van der Waals surface area contributed by atoms with Crippen molar-refractivity contribution in [1.82, 2.24) is 0 Å². The molecule has 2 unspecified atom stereocenters. The van der Waals surface area contributed by atoms with E-state index in [1.54, 1.807) is 6.92 Å². The van der Waals surface area contributed by atoms with E-state index in [-0.39, 0.29) is 17.4 Å². The number of hydrogen-bond donors (Lipinski definition) is 1. The number of carbonyl (C=O) groups is 2. The maximum absolute atomic E-state index is 13.7. The largest absolute Gasteiger partial charge is 0.323 e. The fraction of sp³-hybridized carbons (Fsp3) is 0.400. The van der Waals surface area contributed by atoms with Gasteiger partial charge in [0.2, 0.25) is 5.91 Å². The third kappa shape index (κ3) is 3.24. The van der Waals surface area contributed by atoms with Gasteiger partial charge in [0, 0.05) is 24.3 Å². The molecule has 1 aliphatic carbocycles. The summed E-state index contributed by atoms with van der Waals surface area (Å²) < 4.78 is 27.1. The highest BCUT2D eigenvalue weighted by molar-refractivity contribution is 5.94. The second-order valence-electron chi connectivity index (χ2n) is 5.25. The molecule has 6 heteroatoms. The summed E-state index contributed by atoms with van der Waals surface area (Å²) in [4.78, 5) is 23.5. The lowest BCUT2D eigenvalue weighted by molar-refractivity contribution is -0.128. The van der Waals surface area contributed by atoms with Crippen LogP contribution < -0.4 is 5.32 Å². The molecule has 0 spiro atoms. The maximum Gasteiger partial charge on any atom is 0.227 e. The Labute approximate surface area is 120 Å². The number of amides is 1. The van der Waals surface area contributed by atoms with Crippen LogP contribution in [0.5, 0.6) is 0 Å². The standard InChI is InChI=1S/C15H14F2N2O2/c1-8-4-9(2-3-14(8)20)15(21)19-13-6-11(16)10(7-18)5-12(13)17/h5-6,8-9H,2-4H2,1H3,(H,19,21). The molecule has 1 aliphatic rings. The second kappa shape index (κ2) is 6.00. The van der Waals surface area contributed by atoms with Gasteiger partial charge >= 0.3 is 0 Å². The molecule has 0 aliphatic heterocycles. The molecule has 2 atom stereocenters. The quantitative estimate of drug-likeness (QED) is 0.911. The molecule has 1 N–H and O–H groups in total. The van der Waals surface area contributed by atoms with Gasteiger partial charge in [0.15, 0.2) is 0 Å². The zero-order valence-corrected chi connectivity index (χ0v) is 11.5.